The number of halogens is 3. The van der Waals surface area contributed by atoms with Crippen molar-refractivity contribution in [2.45, 2.75) is 20.0 Å². The van der Waals surface area contributed by atoms with Gasteiger partial charge >= 0.3 is 6.18 Å². The number of aryl methyl sites for hydroxylation is 2. The second-order valence-electron chi connectivity index (χ2n) is 5.88. The van der Waals surface area contributed by atoms with Crippen LogP contribution in [0.25, 0.3) is 16.9 Å². The summed E-state index contributed by atoms with van der Waals surface area (Å²) in [4.78, 5) is 7.51. The number of alkyl halides is 3. The SMILES string of the molecule is CNc1nc(N)nc(-c2cc(C)c(-n3nnnc3C)cc2OC)c1C(F)(F)F. The maximum atomic E-state index is 13.8. The van der Waals surface area contributed by atoms with Crippen molar-refractivity contribution >= 4 is 11.8 Å². The number of tetrazole rings is 1. The number of aromatic nitrogens is 6. The van der Waals surface area contributed by atoms with Crippen LogP contribution in [0.2, 0.25) is 0 Å². The fraction of sp³-hybridized carbons (Fsp3) is 0.312. The zero-order chi connectivity index (χ0) is 20.6. The number of ether oxygens (including phenoxy) is 1. The second kappa shape index (κ2) is 6.94. The van der Waals surface area contributed by atoms with Gasteiger partial charge in [0.15, 0.2) is 5.82 Å². The minimum absolute atomic E-state index is 0.118. The summed E-state index contributed by atoms with van der Waals surface area (Å²) in [5.74, 6) is -0.0543. The van der Waals surface area contributed by atoms with E-state index in [1.54, 1.807) is 19.9 Å². The Bertz CT molecular complexity index is 1030. The first kappa shape index (κ1) is 19.3. The Morgan fingerprint density at radius 1 is 1.18 bits per heavy atom. The number of hydrogen-bond donors (Lipinski definition) is 2. The van der Waals surface area contributed by atoms with Crippen LogP contribution in [0.15, 0.2) is 12.1 Å². The van der Waals surface area contributed by atoms with Crippen molar-refractivity contribution in [1.82, 2.24) is 30.2 Å². The van der Waals surface area contributed by atoms with Crippen molar-refractivity contribution in [1.29, 1.82) is 0 Å². The molecule has 0 aliphatic rings. The zero-order valence-corrected chi connectivity index (χ0v) is 15.5. The van der Waals surface area contributed by atoms with E-state index in [1.807, 2.05) is 0 Å². The summed E-state index contributed by atoms with van der Waals surface area (Å²) in [6.07, 6.45) is -4.72. The first-order valence-electron chi connectivity index (χ1n) is 8.04. The van der Waals surface area contributed by atoms with Crippen LogP contribution in [0.5, 0.6) is 5.75 Å². The van der Waals surface area contributed by atoms with Gasteiger partial charge in [-0.3, -0.25) is 0 Å². The van der Waals surface area contributed by atoms with E-state index in [0.717, 1.165) is 0 Å². The third-order valence-electron chi connectivity index (χ3n) is 4.07. The number of methoxy groups -OCH3 is 1. The molecule has 0 saturated carbocycles. The maximum Gasteiger partial charge on any atom is 0.422 e. The lowest BCUT2D eigenvalue weighted by molar-refractivity contribution is -0.136. The van der Waals surface area contributed by atoms with Crippen LogP contribution in [0.4, 0.5) is 24.9 Å². The van der Waals surface area contributed by atoms with Gasteiger partial charge in [-0.25, -0.2) is 4.98 Å². The highest BCUT2D eigenvalue weighted by Gasteiger charge is 2.39. The van der Waals surface area contributed by atoms with Crippen LogP contribution < -0.4 is 15.8 Å². The van der Waals surface area contributed by atoms with Gasteiger partial charge in [-0.1, -0.05) is 0 Å². The highest BCUT2D eigenvalue weighted by Crippen LogP contribution is 2.43. The van der Waals surface area contributed by atoms with Crippen molar-refractivity contribution in [2.75, 3.05) is 25.2 Å². The summed E-state index contributed by atoms with van der Waals surface area (Å²) in [6, 6.07) is 3.07. The molecule has 0 unspecified atom stereocenters. The first-order chi connectivity index (χ1) is 13.2. The average molecular weight is 394 g/mol. The van der Waals surface area contributed by atoms with Crippen molar-refractivity contribution in [3.8, 4) is 22.7 Å². The lowest BCUT2D eigenvalue weighted by Crippen LogP contribution is -2.16. The molecular weight excluding hydrogens is 377 g/mol. The fourth-order valence-electron chi connectivity index (χ4n) is 2.84. The molecule has 0 radical (unpaired) electrons. The van der Waals surface area contributed by atoms with E-state index in [1.165, 1.54) is 24.9 Å². The smallest absolute Gasteiger partial charge is 0.422 e. The predicted octanol–water partition coefficient (Wildman–Crippen LogP) is 2.39. The van der Waals surface area contributed by atoms with Gasteiger partial charge in [-0.2, -0.15) is 22.8 Å². The Morgan fingerprint density at radius 2 is 1.89 bits per heavy atom. The number of rotatable bonds is 4. The standard InChI is InChI=1S/C16H17F3N8O/c1-7-5-9(11(28-4)6-10(7)27-8(2)24-25-26-27)13-12(16(17,18)19)14(21-3)23-15(20)22-13/h5-6H,1-4H3,(H3,20,21,22,23). The quantitative estimate of drug-likeness (QED) is 0.693. The van der Waals surface area contributed by atoms with Crippen molar-refractivity contribution in [3.63, 3.8) is 0 Å². The topological polar surface area (TPSA) is 117 Å². The summed E-state index contributed by atoms with van der Waals surface area (Å²) >= 11 is 0. The first-order valence-corrected chi connectivity index (χ1v) is 8.04. The van der Waals surface area contributed by atoms with Crippen LogP contribution in [0.1, 0.15) is 17.0 Å². The van der Waals surface area contributed by atoms with Crippen molar-refractivity contribution in [3.05, 3.63) is 29.1 Å². The van der Waals surface area contributed by atoms with Gasteiger partial charge < -0.3 is 15.8 Å². The van der Waals surface area contributed by atoms with Gasteiger partial charge in [0, 0.05) is 18.7 Å². The predicted molar refractivity (Wildman–Crippen MR) is 95.2 cm³/mol. The van der Waals surface area contributed by atoms with Gasteiger partial charge in [-0.15, -0.1) is 5.10 Å². The van der Waals surface area contributed by atoms with Gasteiger partial charge in [0.2, 0.25) is 5.95 Å². The molecule has 0 aliphatic carbocycles. The molecule has 28 heavy (non-hydrogen) atoms. The molecule has 0 atom stereocenters. The molecule has 0 spiro atoms. The second-order valence-corrected chi connectivity index (χ2v) is 5.88. The summed E-state index contributed by atoms with van der Waals surface area (Å²) in [5.41, 5.74) is 5.51. The van der Waals surface area contributed by atoms with E-state index in [9.17, 15) is 13.2 Å². The highest BCUT2D eigenvalue weighted by molar-refractivity contribution is 5.77. The molecule has 0 fully saturated rings. The number of hydrogen-bond acceptors (Lipinski definition) is 8. The summed E-state index contributed by atoms with van der Waals surface area (Å²) in [6.45, 7) is 3.42. The molecular formula is C16H17F3N8O. The van der Waals surface area contributed by atoms with E-state index < -0.39 is 17.6 Å². The molecule has 2 aromatic heterocycles. The number of anilines is 2. The van der Waals surface area contributed by atoms with Crippen LogP contribution in [-0.4, -0.2) is 44.3 Å². The highest BCUT2D eigenvalue weighted by atomic mass is 19.4. The van der Waals surface area contributed by atoms with Crippen LogP contribution in [-0.2, 0) is 6.18 Å². The Hall–Kier alpha value is -3.44. The fourth-order valence-corrected chi connectivity index (χ4v) is 2.84. The van der Waals surface area contributed by atoms with Gasteiger partial charge in [0.25, 0.3) is 0 Å². The van der Waals surface area contributed by atoms with Crippen molar-refractivity contribution < 1.29 is 17.9 Å². The molecule has 2 heterocycles. The molecule has 3 N–H and O–H groups in total. The van der Waals surface area contributed by atoms with E-state index in [0.29, 0.717) is 17.1 Å². The normalized spacial score (nSPS) is 11.5. The molecule has 3 aromatic rings. The van der Waals surface area contributed by atoms with Crippen LogP contribution in [0.3, 0.4) is 0 Å². The number of benzene rings is 1. The number of nitrogens with zero attached hydrogens (tertiary/aromatic N) is 6. The Kier molecular flexibility index (Phi) is 4.79. The van der Waals surface area contributed by atoms with E-state index in [-0.39, 0.29) is 23.0 Å². The Balaban J connectivity index is 2.32. The van der Waals surface area contributed by atoms with E-state index in [2.05, 4.69) is 30.8 Å². The Labute approximate surface area is 157 Å². The number of nitrogen functional groups attached to an aromatic ring is 1. The molecule has 12 heteroatoms. The molecule has 0 saturated heterocycles. The maximum absolute atomic E-state index is 13.8. The Morgan fingerprint density at radius 3 is 2.43 bits per heavy atom. The van der Waals surface area contributed by atoms with Gasteiger partial charge in [0.1, 0.15) is 17.1 Å². The third kappa shape index (κ3) is 3.28. The van der Waals surface area contributed by atoms with Gasteiger partial charge in [0.05, 0.1) is 18.5 Å². The summed E-state index contributed by atoms with van der Waals surface area (Å²) < 4.78 is 48.1. The average Bonchev–Trinajstić information content (AvgIpc) is 3.05. The summed E-state index contributed by atoms with van der Waals surface area (Å²) in [7, 11) is 2.67. The largest absolute Gasteiger partial charge is 0.496 e. The molecule has 0 bridgehead atoms. The third-order valence-corrected chi connectivity index (χ3v) is 4.07. The number of nitrogens with two attached hydrogens (primary N) is 1. The van der Waals surface area contributed by atoms with E-state index in [4.69, 9.17) is 10.5 Å². The summed E-state index contributed by atoms with van der Waals surface area (Å²) in [5, 5.41) is 13.7. The molecule has 1 aromatic carbocycles. The molecule has 3 rings (SSSR count). The monoisotopic (exact) mass is 394 g/mol. The molecule has 0 amide bonds. The molecule has 148 valence electrons. The van der Waals surface area contributed by atoms with Crippen LogP contribution >= 0.6 is 0 Å². The van der Waals surface area contributed by atoms with Crippen LogP contribution in [0, 0.1) is 13.8 Å². The lowest BCUT2D eigenvalue weighted by atomic mass is 10.0. The van der Waals surface area contributed by atoms with Crippen molar-refractivity contribution in [2.24, 2.45) is 0 Å². The minimum Gasteiger partial charge on any atom is -0.496 e. The lowest BCUT2D eigenvalue weighted by Gasteiger charge is -2.19. The molecule has 9 nitrogen and oxygen atoms in total. The molecule has 0 aliphatic heterocycles. The van der Waals surface area contributed by atoms with E-state index >= 15 is 0 Å². The zero-order valence-electron chi connectivity index (χ0n) is 15.5. The number of nitrogens with one attached hydrogen (secondary N) is 1. The minimum atomic E-state index is -4.72. The van der Waals surface area contributed by atoms with Gasteiger partial charge in [-0.05, 0) is 35.9 Å².